The summed E-state index contributed by atoms with van der Waals surface area (Å²) < 4.78 is 0. The Kier molecular flexibility index (Phi) is 8.21. The van der Waals surface area contributed by atoms with Crippen LogP contribution in [0.4, 0.5) is 5.69 Å². The monoisotopic (exact) mass is 270 g/mol. The standard InChI is InChI=1S/C14H22N2O.ClH/c1-11(2)3-8-14(17)16-10-9-12-4-6-13(15)7-5-12;/h4-7,11H,3,8-10,15H2,1-2H3,(H,16,17);1H. The molecule has 3 N–H and O–H groups in total. The van der Waals surface area contributed by atoms with Gasteiger partial charge in [0.1, 0.15) is 0 Å². The van der Waals surface area contributed by atoms with Crippen LogP contribution in [0, 0.1) is 5.92 Å². The Balaban J connectivity index is 0.00000289. The van der Waals surface area contributed by atoms with Gasteiger partial charge in [0.05, 0.1) is 0 Å². The zero-order valence-electron chi connectivity index (χ0n) is 11.1. The molecule has 0 spiro atoms. The van der Waals surface area contributed by atoms with Crippen molar-refractivity contribution < 1.29 is 4.79 Å². The van der Waals surface area contributed by atoms with Crippen LogP contribution in [0.25, 0.3) is 0 Å². The lowest BCUT2D eigenvalue weighted by molar-refractivity contribution is -0.121. The van der Waals surface area contributed by atoms with Gasteiger partial charge >= 0.3 is 0 Å². The largest absolute Gasteiger partial charge is 0.399 e. The Hall–Kier alpha value is -1.22. The molecule has 0 saturated heterocycles. The summed E-state index contributed by atoms with van der Waals surface area (Å²) in [6.07, 6.45) is 2.43. The number of nitrogen functional groups attached to an aromatic ring is 1. The average Bonchev–Trinajstić information content (AvgIpc) is 2.29. The Bertz CT molecular complexity index is 349. The van der Waals surface area contributed by atoms with Gasteiger partial charge in [-0.3, -0.25) is 4.79 Å². The van der Waals surface area contributed by atoms with Crippen molar-refractivity contribution in [1.29, 1.82) is 0 Å². The number of carbonyl (C=O) groups excluding carboxylic acids is 1. The van der Waals surface area contributed by atoms with Crippen molar-refractivity contribution in [2.45, 2.75) is 33.1 Å². The van der Waals surface area contributed by atoms with E-state index in [-0.39, 0.29) is 18.3 Å². The number of anilines is 1. The highest BCUT2D eigenvalue weighted by atomic mass is 35.5. The van der Waals surface area contributed by atoms with Crippen molar-refractivity contribution in [3.8, 4) is 0 Å². The van der Waals surface area contributed by atoms with Gasteiger partial charge in [-0.25, -0.2) is 0 Å². The van der Waals surface area contributed by atoms with Crippen molar-refractivity contribution >= 4 is 24.0 Å². The molecule has 4 heteroatoms. The van der Waals surface area contributed by atoms with Crippen LogP contribution in [0.3, 0.4) is 0 Å². The molecule has 0 aliphatic rings. The third kappa shape index (κ3) is 7.17. The SMILES string of the molecule is CC(C)CCC(=O)NCCc1ccc(N)cc1.Cl. The number of hydrogen-bond donors (Lipinski definition) is 2. The van der Waals surface area contributed by atoms with E-state index in [1.807, 2.05) is 24.3 Å². The normalized spacial score (nSPS) is 9.94. The first-order valence-electron chi connectivity index (χ1n) is 6.19. The highest BCUT2D eigenvalue weighted by molar-refractivity contribution is 5.85. The lowest BCUT2D eigenvalue weighted by Crippen LogP contribution is -2.25. The number of nitrogens with two attached hydrogens (primary N) is 1. The summed E-state index contributed by atoms with van der Waals surface area (Å²) in [4.78, 5) is 11.5. The molecule has 1 aromatic rings. The Morgan fingerprint density at radius 1 is 1.28 bits per heavy atom. The highest BCUT2D eigenvalue weighted by Gasteiger charge is 2.02. The third-order valence-corrected chi connectivity index (χ3v) is 2.66. The molecule has 0 unspecified atom stereocenters. The predicted molar refractivity (Wildman–Crippen MR) is 78.9 cm³/mol. The van der Waals surface area contributed by atoms with Crippen molar-refractivity contribution in [3.05, 3.63) is 29.8 Å². The molecular formula is C14H23ClN2O. The molecule has 1 rings (SSSR count). The Morgan fingerprint density at radius 2 is 1.89 bits per heavy atom. The molecule has 0 saturated carbocycles. The minimum atomic E-state index is 0. The van der Waals surface area contributed by atoms with E-state index < -0.39 is 0 Å². The fraction of sp³-hybridized carbons (Fsp3) is 0.500. The number of amides is 1. The number of carbonyl (C=O) groups is 1. The van der Waals surface area contributed by atoms with Crippen LogP contribution in [0.5, 0.6) is 0 Å². The molecule has 102 valence electrons. The van der Waals surface area contributed by atoms with E-state index in [0.29, 0.717) is 18.9 Å². The summed E-state index contributed by atoms with van der Waals surface area (Å²) in [7, 11) is 0. The predicted octanol–water partition coefficient (Wildman–Crippen LogP) is 2.79. The van der Waals surface area contributed by atoms with Crippen molar-refractivity contribution in [1.82, 2.24) is 5.32 Å². The van der Waals surface area contributed by atoms with E-state index in [9.17, 15) is 4.79 Å². The van der Waals surface area contributed by atoms with Crippen molar-refractivity contribution in [2.24, 2.45) is 5.92 Å². The second kappa shape index (κ2) is 8.81. The van der Waals surface area contributed by atoms with Crippen molar-refractivity contribution in [2.75, 3.05) is 12.3 Å². The fourth-order valence-corrected chi connectivity index (χ4v) is 1.54. The summed E-state index contributed by atoms with van der Waals surface area (Å²) >= 11 is 0. The maximum Gasteiger partial charge on any atom is 0.220 e. The van der Waals surface area contributed by atoms with Gasteiger partial charge < -0.3 is 11.1 Å². The molecule has 0 bridgehead atoms. The summed E-state index contributed by atoms with van der Waals surface area (Å²) in [6, 6.07) is 7.76. The minimum Gasteiger partial charge on any atom is -0.399 e. The van der Waals surface area contributed by atoms with E-state index >= 15 is 0 Å². The van der Waals surface area contributed by atoms with Gasteiger partial charge in [-0.1, -0.05) is 26.0 Å². The number of nitrogens with one attached hydrogen (secondary N) is 1. The van der Waals surface area contributed by atoms with Gasteiger partial charge in [-0.2, -0.15) is 0 Å². The Morgan fingerprint density at radius 3 is 2.44 bits per heavy atom. The van der Waals surface area contributed by atoms with Crippen LogP contribution in [-0.2, 0) is 11.2 Å². The zero-order chi connectivity index (χ0) is 12.7. The molecule has 1 aromatic carbocycles. The summed E-state index contributed by atoms with van der Waals surface area (Å²) in [6.45, 7) is 4.95. The summed E-state index contributed by atoms with van der Waals surface area (Å²) in [5, 5.41) is 2.93. The first kappa shape index (κ1) is 16.8. The van der Waals surface area contributed by atoms with Gasteiger partial charge in [-0.05, 0) is 36.5 Å². The van der Waals surface area contributed by atoms with E-state index in [1.54, 1.807) is 0 Å². The van der Waals surface area contributed by atoms with E-state index in [4.69, 9.17) is 5.73 Å². The lowest BCUT2D eigenvalue weighted by Gasteiger charge is -2.07. The first-order chi connectivity index (χ1) is 8.08. The molecule has 0 fully saturated rings. The topological polar surface area (TPSA) is 55.1 Å². The third-order valence-electron chi connectivity index (χ3n) is 2.66. The second-order valence-corrected chi connectivity index (χ2v) is 4.77. The molecule has 0 atom stereocenters. The highest BCUT2D eigenvalue weighted by Crippen LogP contribution is 2.06. The molecule has 0 heterocycles. The molecule has 0 aliphatic carbocycles. The van der Waals surface area contributed by atoms with Crippen LogP contribution < -0.4 is 11.1 Å². The zero-order valence-corrected chi connectivity index (χ0v) is 11.9. The molecule has 18 heavy (non-hydrogen) atoms. The minimum absolute atomic E-state index is 0. The lowest BCUT2D eigenvalue weighted by atomic mass is 10.1. The fourth-order valence-electron chi connectivity index (χ4n) is 1.54. The van der Waals surface area contributed by atoms with Crippen LogP contribution >= 0.6 is 12.4 Å². The van der Waals surface area contributed by atoms with Crippen molar-refractivity contribution in [3.63, 3.8) is 0 Å². The first-order valence-corrected chi connectivity index (χ1v) is 6.19. The van der Waals surface area contributed by atoms with Gasteiger partial charge in [0.2, 0.25) is 5.91 Å². The number of rotatable bonds is 6. The molecular weight excluding hydrogens is 248 g/mol. The Labute approximate surface area is 116 Å². The van der Waals surface area contributed by atoms with Gasteiger partial charge in [0.25, 0.3) is 0 Å². The van der Waals surface area contributed by atoms with E-state index in [0.717, 1.165) is 18.5 Å². The molecule has 0 aliphatic heterocycles. The van der Waals surface area contributed by atoms with E-state index in [2.05, 4.69) is 19.2 Å². The molecule has 0 aromatic heterocycles. The second-order valence-electron chi connectivity index (χ2n) is 4.77. The van der Waals surface area contributed by atoms with Gasteiger partial charge in [0, 0.05) is 18.7 Å². The average molecular weight is 271 g/mol. The molecule has 1 amide bonds. The number of benzene rings is 1. The summed E-state index contributed by atoms with van der Waals surface area (Å²) in [5.41, 5.74) is 7.57. The maximum absolute atomic E-state index is 11.5. The van der Waals surface area contributed by atoms with E-state index in [1.165, 1.54) is 5.56 Å². The van der Waals surface area contributed by atoms with Crippen LogP contribution in [-0.4, -0.2) is 12.5 Å². The summed E-state index contributed by atoms with van der Waals surface area (Å²) in [5.74, 6) is 0.729. The van der Waals surface area contributed by atoms with Crippen LogP contribution in [0.1, 0.15) is 32.3 Å². The van der Waals surface area contributed by atoms with Crippen LogP contribution in [0.2, 0.25) is 0 Å². The quantitative estimate of drug-likeness (QED) is 0.781. The maximum atomic E-state index is 11.5. The van der Waals surface area contributed by atoms with Gasteiger partial charge in [0.15, 0.2) is 0 Å². The van der Waals surface area contributed by atoms with Crippen LogP contribution in [0.15, 0.2) is 24.3 Å². The smallest absolute Gasteiger partial charge is 0.220 e. The molecule has 3 nitrogen and oxygen atoms in total. The number of halogens is 1. The molecule has 0 radical (unpaired) electrons. The van der Waals surface area contributed by atoms with Gasteiger partial charge in [-0.15, -0.1) is 12.4 Å². The number of hydrogen-bond acceptors (Lipinski definition) is 2.